The van der Waals surface area contributed by atoms with Crippen molar-refractivity contribution >= 4 is 15.9 Å². The van der Waals surface area contributed by atoms with Crippen LogP contribution in [0.5, 0.6) is 0 Å². The van der Waals surface area contributed by atoms with Gasteiger partial charge in [-0.2, -0.15) is 4.98 Å². The number of aliphatic hydroxyl groups is 1. The molecule has 0 aliphatic carbocycles. The second-order valence-electron chi connectivity index (χ2n) is 3.00. The van der Waals surface area contributed by atoms with Gasteiger partial charge in [0.25, 0.3) is 5.89 Å². The minimum atomic E-state index is 0.0253. The maximum absolute atomic E-state index is 8.71. The Hall–Kier alpha value is -1.20. The first-order valence-corrected chi connectivity index (χ1v) is 5.28. The van der Waals surface area contributed by atoms with Crippen LogP contribution < -0.4 is 0 Å². The Morgan fingerprint density at radius 1 is 1.40 bits per heavy atom. The molecule has 0 saturated heterocycles. The Kier molecular flexibility index (Phi) is 3.13. The average molecular weight is 269 g/mol. The van der Waals surface area contributed by atoms with E-state index < -0.39 is 0 Å². The largest absolute Gasteiger partial charge is 0.396 e. The van der Waals surface area contributed by atoms with Crippen molar-refractivity contribution in [1.29, 1.82) is 0 Å². The minimum Gasteiger partial charge on any atom is -0.396 e. The van der Waals surface area contributed by atoms with Gasteiger partial charge < -0.3 is 9.63 Å². The van der Waals surface area contributed by atoms with Crippen LogP contribution in [0.15, 0.2) is 33.3 Å². The van der Waals surface area contributed by atoms with Crippen molar-refractivity contribution < 1.29 is 9.63 Å². The van der Waals surface area contributed by atoms with Crippen molar-refractivity contribution in [3.8, 4) is 11.5 Å². The second-order valence-corrected chi connectivity index (χ2v) is 3.92. The molecule has 1 aromatic heterocycles. The molecule has 0 atom stereocenters. The fourth-order valence-electron chi connectivity index (χ4n) is 1.19. The zero-order chi connectivity index (χ0) is 10.7. The van der Waals surface area contributed by atoms with E-state index in [1.54, 1.807) is 0 Å². The van der Waals surface area contributed by atoms with Gasteiger partial charge in [-0.3, -0.25) is 0 Å². The standard InChI is InChI=1S/C10H9BrN2O2/c11-8-3-1-2-7(6-8)10-12-9(4-5-14)13-15-10/h1-3,6,14H,4-5H2. The summed E-state index contributed by atoms with van der Waals surface area (Å²) in [5.74, 6) is 0.993. The molecule has 0 unspecified atom stereocenters. The first kappa shape index (κ1) is 10.3. The fraction of sp³-hybridized carbons (Fsp3) is 0.200. The third kappa shape index (κ3) is 2.43. The molecule has 0 spiro atoms. The maximum atomic E-state index is 8.71. The Balaban J connectivity index is 2.29. The van der Waals surface area contributed by atoms with Gasteiger partial charge in [0.2, 0.25) is 0 Å². The van der Waals surface area contributed by atoms with Gasteiger partial charge >= 0.3 is 0 Å². The molecule has 0 fully saturated rings. The van der Waals surface area contributed by atoms with E-state index in [9.17, 15) is 0 Å². The molecule has 1 heterocycles. The molecule has 0 amide bonds. The summed E-state index contributed by atoms with van der Waals surface area (Å²) in [6.45, 7) is 0.0253. The van der Waals surface area contributed by atoms with Crippen LogP contribution >= 0.6 is 15.9 Å². The summed E-state index contributed by atoms with van der Waals surface area (Å²) in [7, 11) is 0. The topological polar surface area (TPSA) is 59.2 Å². The number of hydrogen-bond donors (Lipinski definition) is 1. The summed E-state index contributed by atoms with van der Waals surface area (Å²) >= 11 is 3.37. The van der Waals surface area contributed by atoms with Gasteiger partial charge in [0.05, 0.1) is 6.61 Å². The molecule has 15 heavy (non-hydrogen) atoms. The zero-order valence-electron chi connectivity index (χ0n) is 7.85. The van der Waals surface area contributed by atoms with E-state index in [0.29, 0.717) is 18.1 Å². The van der Waals surface area contributed by atoms with E-state index in [1.807, 2.05) is 24.3 Å². The van der Waals surface area contributed by atoms with E-state index >= 15 is 0 Å². The predicted octanol–water partition coefficient (Wildman–Crippen LogP) is 2.03. The molecular weight excluding hydrogens is 260 g/mol. The Morgan fingerprint density at radius 3 is 3.00 bits per heavy atom. The van der Waals surface area contributed by atoms with Crippen molar-refractivity contribution in [2.45, 2.75) is 6.42 Å². The quantitative estimate of drug-likeness (QED) is 0.926. The third-order valence-electron chi connectivity index (χ3n) is 1.88. The zero-order valence-corrected chi connectivity index (χ0v) is 9.44. The highest BCUT2D eigenvalue weighted by molar-refractivity contribution is 9.10. The number of aliphatic hydroxyl groups excluding tert-OH is 1. The van der Waals surface area contributed by atoms with Crippen molar-refractivity contribution in [2.24, 2.45) is 0 Å². The first-order valence-electron chi connectivity index (χ1n) is 4.49. The molecule has 78 valence electrons. The van der Waals surface area contributed by atoms with Crippen molar-refractivity contribution in [3.05, 3.63) is 34.6 Å². The summed E-state index contributed by atoms with van der Waals surface area (Å²) in [6, 6.07) is 7.61. The number of benzene rings is 1. The highest BCUT2D eigenvalue weighted by Crippen LogP contribution is 2.21. The van der Waals surface area contributed by atoms with Crippen LogP contribution in [0, 0.1) is 0 Å². The van der Waals surface area contributed by atoms with Crippen LogP contribution in [-0.4, -0.2) is 21.9 Å². The fourth-order valence-corrected chi connectivity index (χ4v) is 1.59. The number of aromatic nitrogens is 2. The highest BCUT2D eigenvalue weighted by Gasteiger charge is 2.07. The molecule has 5 heteroatoms. The first-order chi connectivity index (χ1) is 7.29. The van der Waals surface area contributed by atoms with Gasteiger partial charge in [0.15, 0.2) is 5.82 Å². The molecule has 0 radical (unpaired) electrons. The molecule has 2 rings (SSSR count). The van der Waals surface area contributed by atoms with Gasteiger partial charge in [-0.15, -0.1) is 0 Å². The van der Waals surface area contributed by atoms with E-state index in [2.05, 4.69) is 26.1 Å². The molecule has 1 N–H and O–H groups in total. The van der Waals surface area contributed by atoms with Gasteiger partial charge in [0.1, 0.15) is 0 Å². The second kappa shape index (κ2) is 4.55. The van der Waals surface area contributed by atoms with Gasteiger partial charge in [-0.25, -0.2) is 0 Å². The van der Waals surface area contributed by atoms with E-state index in [1.165, 1.54) is 0 Å². The Bertz CT molecular complexity index is 456. The maximum Gasteiger partial charge on any atom is 0.257 e. The Morgan fingerprint density at radius 2 is 2.27 bits per heavy atom. The molecule has 0 bridgehead atoms. The normalized spacial score (nSPS) is 10.5. The molecule has 0 aliphatic rings. The van der Waals surface area contributed by atoms with Crippen molar-refractivity contribution in [3.63, 3.8) is 0 Å². The molecule has 1 aromatic carbocycles. The van der Waals surface area contributed by atoms with Crippen LogP contribution in [-0.2, 0) is 6.42 Å². The minimum absolute atomic E-state index is 0.0253. The summed E-state index contributed by atoms with van der Waals surface area (Å²) < 4.78 is 6.03. The predicted molar refractivity (Wildman–Crippen MR) is 58.2 cm³/mol. The molecule has 0 saturated carbocycles. The molecular formula is C10H9BrN2O2. The van der Waals surface area contributed by atoms with Gasteiger partial charge in [0, 0.05) is 16.5 Å². The summed E-state index contributed by atoms with van der Waals surface area (Å²) in [5, 5.41) is 12.5. The lowest BCUT2D eigenvalue weighted by Crippen LogP contribution is -1.92. The SMILES string of the molecule is OCCc1noc(-c2cccc(Br)c2)n1. The lowest BCUT2D eigenvalue weighted by molar-refractivity contribution is 0.293. The monoisotopic (exact) mass is 268 g/mol. The molecule has 4 nitrogen and oxygen atoms in total. The van der Waals surface area contributed by atoms with E-state index in [4.69, 9.17) is 9.63 Å². The summed E-state index contributed by atoms with van der Waals surface area (Å²) in [5.41, 5.74) is 0.862. The number of hydrogen-bond acceptors (Lipinski definition) is 4. The number of nitrogens with zero attached hydrogens (tertiary/aromatic N) is 2. The smallest absolute Gasteiger partial charge is 0.257 e. The highest BCUT2D eigenvalue weighted by atomic mass is 79.9. The van der Waals surface area contributed by atoms with Gasteiger partial charge in [-0.1, -0.05) is 27.2 Å². The lowest BCUT2D eigenvalue weighted by atomic mass is 10.2. The van der Waals surface area contributed by atoms with Crippen LogP contribution in [0.1, 0.15) is 5.82 Å². The molecule has 2 aromatic rings. The summed E-state index contributed by atoms with van der Waals surface area (Å²) in [6.07, 6.45) is 0.414. The van der Waals surface area contributed by atoms with Crippen LogP contribution in [0.4, 0.5) is 0 Å². The third-order valence-corrected chi connectivity index (χ3v) is 2.37. The van der Waals surface area contributed by atoms with E-state index in [-0.39, 0.29) is 6.61 Å². The van der Waals surface area contributed by atoms with Crippen molar-refractivity contribution in [1.82, 2.24) is 10.1 Å². The van der Waals surface area contributed by atoms with Crippen LogP contribution in [0.25, 0.3) is 11.5 Å². The number of halogens is 1. The van der Waals surface area contributed by atoms with Crippen LogP contribution in [0.2, 0.25) is 0 Å². The summed E-state index contributed by atoms with van der Waals surface area (Å²) in [4.78, 5) is 4.15. The van der Waals surface area contributed by atoms with Crippen LogP contribution in [0.3, 0.4) is 0 Å². The van der Waals surface area contributed by atoms with Gasteiger partial charge in [-0.05, 0) is 18.2 Å². The average Bonchev–Trinajstić information content (AvgIpc) is 2.67. The van der Waals surface area contributed by atoms with Crippen molar-refractivity contribution in [2.75, 3.05) is 6.61 Å². The molecule has 0 aliphatic heterocycles. The lowest BCUT2D eigenvalue weighted by Gasteiger charge is -1.93. The Labute approximate surface area is 95.1 Å². The van der Waals surface area contributed by atoms with E-state index in [0.717, 1.165) is 10.0 Å². The number of rotatable bonds is 3.